The van der Waals surface area contributed by atoms with E-state index in [1.165, 1.54) is 19.3 Å². The Morgan fingerprint density at radius 3 is 2.59 bits per heavy atom. The first-order valence-corrected chi connectivity index (χ1v) is 9.75. The predicted octanol–water partition coefficient (Wildman–Crippen LogP) is 4.76. The molecule has 142 valence electrons. The number of rotatable bonds is 4. The highest BCUT2D eigenvalue weighted by Crippen LogP contribution is 2.38. The smallest absolute Gasteiger partial charge is 0.354 e. The average molecular weight is 366 g/mol. The Labute approximate surface area is 158 Å². The zero-order valence-electron chi connectivity index (χ0n) is 16.1. The van der Waals surface area contributed by atoms with Crippen molar-refractivity contribution in [2.75, 3.05) is 0 Å². The van der Waals surface area contributed by atoms with Gasteiger partial charge in [-0.15, -0.1) is 0 Å². The lowest BCUT2D eigenvalue weighted by molar-refractivity contribution is 0.0691. The first-order valence-electron chi connectivity index (χ1n) is 9.75. The Morgan fingerprint density at radius 1 is 1.26 bits per heavy atom. The fourth-order valence-electron chi connectivity index (χ4n) is 4.20. The van der Waals surface area contributed by atoms with Crippen LogP contribution in [0.25, 0.3) is 22.3 Å². The van der Waals surface area contributed by atoms with Crippen LogP contribution in [0.5, 0.6) is 0 Å². The molecular weight excluding hydrogens is 340 g/mol. The van der Waals surface area contributed by atoms with E-state index in [0.29, 0.717) is 11.7 Å². The van der Waals surface area contributed by atoms with Crippen LogP contribution in [0.2, 0.25) is 0 Å². The number of aryl methyl sites for hydroxylation is 1. The standard InChI is InChI=1S/C21H26N4O2/c1-13(2)19-18-15(17-10-7-11-24(17)3)12-16(21(26)27)22-20(18)25(23-19)14-8-5-4-6-9-14/h7,10-14H,4-6,8-9H2,1-3H3,(H,26,27). The third-order valence-electron chi connectivity index (χ3n) is 5.60. The van der Waals surface area contributed by atoms with Crippen molar-refractivity contribution >= 4 is 17.0 Å². The summed E-state index contributed by atoms with van der Waals surface area (Å²) >= 11 is 0. The summed E-state index contributed by atoms with van der Waals surface area (Å²) in [5.41, 5.74) is 3.66. The van der Waals surface area contributed by atoms with Gasteiger partial charge in [-0.2, -0.15) is 5.10 Å². The monoisotopic (exact) mass is 366 g/mol. The van der Waals surface area contributed by atoms with Gasteiger partial charge in [0.25, 0.3) is 0 Å². The molecule has 0 unspecified atom stereocenters. The minimum Gasteiger partial charge on any atom is -0.477 e. The molecule has 0 spiro atoms. The van der Waals surface area contributed by atoms with E-state index in [1.54, 1.807) is 6.07 Å². The van der Waals surface area contributed by atoms with Gasteiger partial charge in [-0.3, -0.25) is 0 Å². The molecule has 0 aromatic carbocycles. The van der Waals surface area contributed by atoms with Crippen LogP contribution in [-0.4, -0.2) is 30.4 Å². The summed E-state index contributed by atoms with van der Waals surface area (Å²) in [5.74, 6) is -0.774. The van der Waals surface area contributed by atoms with Gasteiger partial charge in [-0.05, 0) is 37.0 Å². The van der Waals surface area contributed by atoms with Crippen molar-refractivity contribution in [2.45, 2.75) is 57.9 Å². The first kappa shape index (κ1) is 17.8. The average Bonchev–Trinajstić information content (AvgIpc) is 3.25. The number of nitrogens with zero attached hydrogens (tertiary/aromatic N) is 4. The highest BCUT2D eigenvalue weighted by molar-refractivity contribution is 5.99. The largest absolute Gasteiger partial charge is 0.477 e. The Bertz CT molecular complexity index is 993. The lowest BCUT2D eigenvalue weighted by Crippen LogP contribution is -2.15. The van der Waals surface area contributed by atoms with E-state index in [1.807, 2.05) is 34.6 Å². The zero-order chi connectivity index (χ0) is 19.1. The molecule has 27 heavy (non-hydrogen) atoms. The number of aromatic nitrogens is 4. The molecule has 0 aliphatic heterocycles. The molecule has 6 heteroatoms. The maximum atomic E-state index is 11.8. The zero-order valence-corrected chi connectivity index (χ0v) is 16.1. The molecule has 1 saturated carbocycles. The van der Waals surface area contributed by atoms with Crippen LogP contribution in [0.4, 0.5) is 0 Å². The summed E-state index contributed by atoms with van der Waals surface area (Å²) in [5, 5.41) is 15.6. The predicted molar refractivity (Wildman–Crippen MR) is 105 cm³/mol. The Morgan fingerprint density at radius 2 is 2.00 bits per heavy atom. The number of fused-ring (bicyclic) bond motifs is 1. The lowest BCUT2D eigenvalue weighted by Gasteiger charge is -2.22. The Hall–Kier alpha value is -2.63. The van der Waals surface area contributed by atoms with Gasteiger partial charge in [0.2, 0.25) is 0 Å². The van der Waals surface area contributed by atoms with Crippen molar-refractivity contribution in [1.29, 1.82) is 0 Å². The van der Waals surface area contributed by atoms with Crippen molar-refractivity contribution < 1.29 is 9.90 Å². The summed E-state index contributed by atoms with van der Waals surface area (Å²) < 4.78 is 4.03. The van der Waals surface area contributed by atoms with E-state index in [9.17, 15) is 9.90 Å². The number of carboxylic acids is 1. The fourth-order valence-corrected chi connectivity index (χ4v) is 4.20. The summed E-state index contributed by atoms with van der Waals surface area (Å²) in [4.78, 5) is 16.3. The van der Waals surface area contributed by atoms with Crippen LogP contribution < -0.4 is 0 Å². The molecular formula is C21H26N4O2. The van der Waals surface area contributed by atoms with Gasteiger partial charge in [0.05, 0.1) is 17.1 Å². The number of hydrogen-bond donors (Lipinski definition) is 1. The molecule has 3 aromatic rings. The van der Waals surface area contributed by atoms with E-state index in [-0.39, 0.29) is 11.6 Å². The normalized spacial score (nSPS) is 15.7. The van der Waals surface area contributed by atoms with Gasteiger partial charge < -0.3 is 9.67 Å². The van der Waals surface area contributed by atoms with Gasteiger partial charge in [0.15, 0.2) is 11.3 Å². The second-order valence-corrected chi connectivity index (χ2v) is 7.84. The fraction of sp³-hybridized carbons (Fsp3) is 0.476. The molecule has 1 aliphatic carbocycles. The van der Waals surface area contributed by atoms with Gasteiger partial charge >= 0.3 is 5.97 Å². The molecule has 6 nitrogen and oxygen atoms in total. The van der Waals surface area contributed by atoms with Gasteiger partial charge in [0.1, 0.15) is 0 Å². The third kappa shape index (κ3) is 3.03. The Balaban J connectivity index is 2.05. The second-order valence-electron chi connectivity index (χ2n) is 7.84. The van der Waals surface area contributed by atoms with Crippen LogP contribution in [0, 0.1) is 0 Å². The summed E-state index contributed by atoms with van der Waals surface area (Å²) in [6.45, 7) is 4.26. The summed E-state index contributed by atoms with van der Waals surface area (Å²) in [6, 6.07) is 5.98. The summed E-state index contributed by atoms with van der Waals surface area (Å²) in [6.07, 6.45) is 7.76. The Kier molecular flexibility index (Phi) is 4.50. The van der Waals surface area contributed by atoms with Crippen molar-refractivity contribution in [1.82, 2.24) is 19.3 Å². The SMILES string of the molecule is CC(C)c1nn(C2CCCCC2)c2nc(C(=O)O)cc(-c3cccn3C)c12. The molecule has 4 rings (SSSR count). The quantitative estimate of drug-likeness (QED) is 0.722. The molecule has 3 heterocycles. The third-order valence-corrected chi connectivity index (χ3v) is 5.60. The van der Waals surface area contributed by atoms with Crippen LogP contribution in [0.3, 0.4) is 0 Å². The molecule has 3 aromatic heterocycles. The molecule has 0 atom stereocenters. The van der Waals surface area contributed by atoms with Crippen LogP contribution >= 0.6 is 0 Å². The molecule has 0 amide bonds. The van der Waals surface area contributed by atoms with E-state index in [0.717, 1.165) is 35.2 Å². The van der Waals surface area contributed by atoms with Crippen molar-refractivity contribution in [2.24, 2.45) is 7.05 Å². The number of carboxylic acid groups (broad SMARTS) is 1. The number of aromatic carboxylic acids is 1. The lowest BCUT2D eigenvalue weighted by atomic mass is 9.95. The second kappa shape index (κ2) is 6.83. The van der Waals surface area contributed by atoms with Crippen molar-refractivity contribution in [3.63, 3.8) is 0 Å². The van der Waals surface area contributed by atoms with E-state index in [2.05, 4.69) is 18.8 Å². The van der Waals surface area contributed by atoms with Gasteiger partial charge in [-0.25, -0.2) is 14.5 Å². The molecule has 0 saturated heterocycles. The minimum absolute atomic E-state index is 0.0750. The van der Waals surface area contributed by atoms with Gasteiger partial charge in [-0.1, -0.05) is 33.1 Å². The van der Waals surface area contributed by atoms with Crippen LogP contribution in [0.15, 0.2) is 24.4 Å². The maximum absolute atomic E-state index is 11.8. The topological polar surface area (TPSA) is 72.9 Å². The summed E-state index contributed by atoms with van der Waals surface area (Å²) in [7, 11) is 1.97. The first-order chi connectivity index (χ1) is 13.0. The molecule has 1 N–H and O–H groups in total. The molecule has 0 radical (unpaired) electrons. The van der Waals surface area contributed by atoms with Crippen LogP contribution in [0.1, 0.15) is 74.1 Å². The van der Waals surface area contributed by atoms with Crippen molar-refractivity contribution in [3.8, 4) is 11.3 Å². The highest BCUT2D eigenvalue weighted by atomic mass is 16.4. The molecule has 0 bridgehead atoms. The highest BCUT2D eigenvalue weighted by Gasteiger charge is 2.26. The maximum Gasteiger partial charge on any atom is 0.354 e. The minimum atomic E-state index is -1.00. The van der Waals surface area contributed by atoms with E-state index in [4.69, 9.17) is 5.10 Å². The van der Waals surface area contributed by atoms with Crippen molar-refractivity contribution in [3.05, 3.63) is 35.8 Å². The van der Waals surface area contributed by atoms with E-state index >= 15 is 0 Å². The van der Waals surface area contributed by atoms with Crippen LogP contribution in [-0.2, 0) is 7.05 Å². The number of carbonyl (C=O) groups is 1. The molecule has 1 fully saturated rings. The number of pyridine rings is 1. The number of hydrogen-bond acceptors (Lipinski definition) is 3. The van der Waals surface area contributed by atoms with E-state index < -0.39 is 5.97 Å². The van der Waals surface area contributed by atoms with Gasteiger partial charge in [0, 0.05) is 24.5 Å². The molecule has 1 aliphatic rings.